The Morgan fingerprint density at radius 1 is 1.39 bits per heavy atom. The second-order valence-corrected chi connectivity index (χ2v) is 4.23. The summed E-state index contributed by atoms with van der Waals surface area (Å²) in [5.41, 5.74) is 0.919. The topological polar surface area (TPSA) is 42.9 Å². The van der Waals surface area contributed by atoms with Crippen LogP contribution < -0.4 is 0 Å². The van der Waals surface area contributed by atoms with Crippen molar-refractivity contribution in [3.05, 3.63) is 58.4 Å². The van der Waals surface area contributed by atoms with E-state index in [2.05, 4.69) is 9.97 Å². The number of aryl methyl sites for hydroxylation is 1. The Hall–Kier alpha value is -1.81. The Labute approximate surface area is 109 Å². The molecule has 3 nitrogen and oxygen atoms in total. The largest absolute Gasteiger partial charge is 0.292 e. The molecule has 0 saturated carbocycles. The van der Waals surface area contributed by atoms with Gasteiger partial charge in [0.05, 0.1) is 0 Å². The highest BCUT2D eigenvalue weighted by molar-refractivity contribution is 6.31. The molecule has 0 radical (unpaired) electrons. The third-order valence-electron chi connectivity index (χ3n) is 2.43. The number of Topliss-reactive ketones (excluding diaryl/α,β-unsaturated/α-hetero) is 1. The molecule has 0 spiro atoms. The van der Waals surface area contributed by atoms with Crippen LogP contribution in [0.2, 0.25) is 5.02 Å². The van der Waals surface area contributed by atoms with Crippen molar-refractivity contribution < 1.29 is 9.18 Å². The maximum absolute atomic E-state index is 12.9. The van der Waals surface area contributed by atoms with E-state index in [9.17, 15) is 9.18 Å². The lowest BCUT2D eigenvalue weighted by Gasteiger charge is -2.04. The summed E-state index contributed by atoms with van der Waals surface area (Å²) in [6.45, 7) is 1.71. The molecule has 0 saturated heterocycles. The van der Waals surface area contributed by atoms with Crippen LogP contribution in [0.3, 0.4) is 0 Å². The molecule has 0 fully saturated rings. The number of nitrogens with zero attached hydrogens (tertiary/aromatic N) is 2. The molecule has 0 aliphatic rings. The van der Waals surface area contributed by atoms with Gasteiger partial charge in [0, 0.05) is 17.6 Å². The predicted molar refractivity (Wildman–Crippen MR) is 66.2 cm³/mol. The number of rotatable bonds is 3. The summed E-state index contributed by atoms with van der Waals surface area (Å²) in [5, 5.41) is 0.245. The van der Waals surface area contributed by atoms with Gasteiger partial charge >= 0.3 is 0 Å². The minimum absolute atomic E-state index is 0.0928. The summed E-state index contributed by atoms with van der Waals surface area (Å²) in [7, 11) is 0. The minimum Gasteiger partial charge on any atom is -0.292 e. The average Bonchev–Trinajstić information content (AvgIpc) is 2.32. The molecule has 0 aliphatic heterocycles. The SMILES string of the molecule is Cc1nccc(C(=O)Cc2ccc(F)cc2Cl)n1. The number of halogens is 2. The molecule has 0 atom stereocenters. The minimum atomic E-state index is -0.422. The fourth-order valence-electron chi connectivity index (χ4n) is 1.54. The lowest BCUT2D eigenvalue weighted by molar-refractivity contribution is 0.0988. The highest BCUT2D eigenvalue weighted by atomic mass is 35.5. The fourth-order valence-corrected chi connectivity index (χ4v) is 1.77. The van der Waals surface area contributed by atoms with Crippen molar-refractivity contribution in [2.45, 2.75) is 13.3 Å². The molecule has 1 aromatic carbocycles. The molecule has 1 aromatic heterocycles. The van der Waals surface area contributed by atoms with Crippen molar-refractivity contribution in [2.75, 3.05) is 0 Å². The van der Waals surface area contributed by atoms with Crippen LogP contribution in [0.25, 0.3) is 0 Å². The monoisotopic (exact) mass is 264 g/mol. The van der Waals surface area contributed by atoms with E-state index < -0.39 is 5.82 Å². The lowest BCUT2D eigenvalue weighted by Crippen LogP contribution is -2.07. The summed E-state index contributed by atoms with van der Waals surface area (Å²) >= 11 is 5.87. The van der Waals surface area contributed by atoms with Gasteiger partial charge in [-0.1, -0.05) is 17.7 Å². The van der Waals surface area contributed by atoms with Crippen LogP contribution in [0.4, 0.5) is 4.39 Å². The molecule has 0 N–H and O–H groups in total. The van der Waals surface area contributed by atoms with Gasteiger partial charge in [-0.15, -0.1) is 0 Å². The summed E-state index contributed by atoms with van der Waals surface area (Å²) in [6, 6.07) is 5.52. The van der Waals surface area contributed by atoms with E-state index in [0.29, 0.717) is 17.1 Å². The van der Waals surface area contributed by atoms with E-state index in [-0.39, 0.29) is 17.2 Å². The number of hydrogen-bond acceptors (Lipinski definition) is 3. The molecule has 18 heavy (non-hydrogen) atoms. The molecular weight excluding hydrogens is 255 g/mol. The summed E-state index contributed by atoms with van der Waals surface area (Å²) in [5.74, 6) is -0.0610. The number of carbonyl (C=O) groups excluding carboxylic acids is 1. The Morgan fingerprint density at radius 2 is 2.17 bits per heavy atom. The predicted octanol–water partition coefficient (Wildman–Crippen LogP) is 3.00. The molecular formula is C13H10ClFN2O. The standard InChI is InChI=1S/C13H10ClFN2O/c1-8-16-5-4-12(17-8)13(18)6-9-2-3-10(15)7-11(9)14/h2-5,7H,6H2,1H3. The van der Waals surface area contributed by atoms with Crippen molar-refractivity contribution in [3.8, 4) is 0 Å². The van der Waals surface area contributed by atoms with Gasteiger partial charge in [0.1, 0.15) is 17.3 Å². The van der Waals surface area contributed by atoms with Crippen molar-refractivity contribution in [2.24, 2.45) is 0 Å². The van der Waals surface area contributed by atoms with E-state index in [1.165, 1.54) is 24.4 Å². The molecule has 92 valence electrons. The first-order chi connectivity index (χ1) is 8.56. The molecule has 0 amide bonds. The van der Waals surface area contributed by atoms with Crippen molar-refractivity contribution >= 4 is 17.4 Å². The van der Waals surface area contributed by atoms with Crippen LogP contribution in [0.15, 0.2) is 30.5 Å². The zero-order valence-corrected chi connectivity index (χ0v) is 10.4. The van der Waals surface area contributed by atoms with Crippen LogP contribution in [-0.2, 0) is 6.42 Å². The van der Waals surface area contributed by atoms with Crippen LogP contribution in [0, 0.1) is 12.7 Å². The maximum atomic E-state index is 12.9. The number of aromatic nitrogens is 2. The molecule has 0 bridgehead atoms. The van der Waals surface area contributed by atoms with Gasteiger partial charge in [0.15, 0.2) is 5.78 Å². The summed E-state index contributed by atoms with van der Waals surface area (Å²) in [6.07, 6.45) is 1.62. The Kier molecular flexibility index (Phi) is 3.67. The fraction of sp³-hybridized carbons (Fsp3) is 0.154. The van der Waals surface area contributed by atoms with Crippen molar-refractivity contribution in [3.63, 3.8) is 0 Å². The van der Waals surface area contributed by atoms with Gasteiger partial charge in [-0.25, -0.2) is 14.4 Å². The first kappa shape index (κ1) is 12.6. The average molecular weight is 265 g/mol. The van der Waals surface area contributed by atoms with Gasteiger partial charge < -0.3 is 0 Å². The van der Waals surface area contributed by atoms with Gasteiger partial charge in [-0.2, -0.15) is 0 Å². The summed E-state index contributed by atoms with van der Waals surface area (Å²) < 4.78 is 12.9. The van der Waals surface area contributed by atoms with Gasteiger partial charge in [0.2, 0.25) is 0 Å². The third-order valence-corrected chi connectivity index (χ3v) is 2.78. The quantitative estimate of drug-likeness (QED) is 0.801. The third kappa shape index (κ3) is 2.90. The first-order valence-corrected chi connectivity index (χ1v) is 5.71. The normalized spacial score (nSPS) is 10.4. The lowest BCUT2D eigenvalue weighted by atomic mass is 10.1. The molecule has 1 heterocycles. The van der Waals surface area contributed by atoms with Crippen LogP contribution in [0.5, 0.6) is 0 Å². The molecule has 0 aliphatic carbocycles. The van der Waals surface area contributed by atoms with E-state index in [1.54, 1.807) is 13.0 Å². The number of ketones is 1. The molecule has 0 unspecified atom stereocenters. The number of benzene rings is 1. The Morgan fingerprint density at radius 3 is 2.83 bits per heavy atom. The zero-order chi connectivity index (χ0) is 13.1. The van der Waals surface area contributed by atoms with Crippen molar-refractivity contribution in [1.29, 1.82) is 0 Å². The molecule has 2 rings (SSSR count). The summed E-state index contributed by atoms with van der Waals surface area (Å²) in [4.78, 5) is 19.9. The first-order valence-electron chi connectivity index (χ1n) is 5.33. The molecule has 5 heteroatoms. The highest BCUT2D eigenvalue weighted by Crippen LogP contribution is 2.18. The van der Waals surface area contributed by atoms with Crippen LogP contribution in [0.1, 0.15) is 21.9 Å². The number of hydrogen-bond donors (Lipinski definition) is 0. The Bertz CT molecular complexity index is 601. The van der Waals surface area contributed by atoms with Gasteiger partial charge in [-0.05, 0) is 30.7 Å². The highest BCUT2D eigenvalue weighted by Gasteiger charge is 2.11. The van der Waals surface area contributed by atoms with Crippen molar-refractivity contribution in [1.82, 2.24) is 9.97 Å². The van der Waals surface area contributed by atoms with Gasteiger partial charge in [-0.3, -0.25) is 4.79 Å². The zero-order valence-electron chi connectivity index (χ0n) is 9.65. The second-order valence-electron chi connectivity index (χ2n) is 3.82. The maximum Gasteiger partial charge on any atom is 0.185 e. The van der Waals surface area contributed by atoms with E-state index in [0.717, 1.165) is 0 Å². The van der Waals surface area contributed by atoms with Gasteiger partial charge in [0.25, 0.3) is 0 Å². The van der Waals surface area contributed by atoms with E-state index in [1.807, 2.05) is 0 Å². The van der Waals surface area contributed by atoms with E-state index in [4.69, 9.17) is 11.6 Å². The van der Waals surface area contributed by atoms with Crippen LogP contribution >= 0.6 is 11.6 Å². The number of carbonyl (C=O) groups is 1. The van der Waals surface area contributed by atoms with Crippen LogP contribution in [-0.4, -0.2) is 15.8 Å². The second kappa shape index (κ2) is 5.23. The molecule has 2 aromatic rings. The van der Waals surface area contributed by atoms with E-state index >= 15 is 0 Å². The Balaban J connectivity index is 2.21. The smallest absolute Gasteiger partial charge is 0.185 e.